The first-order chi connectivity index (χ1) is 11.4. The van der Waals surface area contributed by atoms with Gasteiger partial charge in [-0.1, -0.05) is 20.8 Å². The fourth-order valence-corrected chi connectivity index (χ4v) is 2.20. The number of nitrogens with zero attached hydrogens (tertiary/aromatic N) is 1. The quantitative estimate of drug-likeness (QED) is 0.521. The van der Waals surface area contributed by atoms with Gasteiger partial charge in [0.25, 0.3) is 0 Å². The first-order valence-corrected chi connectivity index (χ1v) is 8.11. The predicted molar refractivity (Wildman–Crippen MR) is 94.8 cm³/mol. The SMILES string of the molecule is CC(C)(C)C(=O)Oc1cc2c(ccn2C(=O)C(C)(C)C)cc1OCO. The summed E-state index contributed by atoms with van der Waals surface area (Å²) in [6, 6.07) is 5.01. The Labute approximate surface area is 147 Å². The van der Waals surface area contributed by atoms with Crippen LogP contribution in [-0.2, 0) is 4.79 Å². The van der Waals surface area contributed by atoms with Gasteiger partial charge < -0.3 is 14.6 Å². The standard InChI is InChI=1S/C19H25NO5/c1-18(2,3)16(22)20-8-7-12-9-14(24-11-21)15(10-13(12)20)25-17(23)19(4,5)6/h7-10,21H,11H2,1-6H3. The van der Waals surface area contributed by atoms with E-state index in [-0.39, 0.29) is 17.4 Å². The fraction of sp³-hybridized carbons (Fsp3) is 0.474. The summed E-state index contributed by atoms with van der Waals surface area (Å²) in [7, 11) is 0. The van der Waals surface area contributed by atoms with Gasteiger partial charge in [-0.05, 0) is 32.9 Å². The number of ether oxygens (including phenoxy) is 2. The van der Waals surface area contributed by atoms with Crippen molar-refractivity contribution in [2.24, 2.45) is 10.8 Å². The van der Waals surface area contributed by atoms with E-state index < -0.39 is 23.6 Å². The van der Waals surface area contributed by atoms with Crippen LogP contribution in [-0.4, -0.2) is 28.3 Å². The van der Waals surface area contributed by atoms with E-state index in [0.29, 0.717) is 5.52 Å². The van der Waals surface area contributed by atoms with Crippen molar-refractivity contribution in [3.63, 3.8) is 0 Å². The molecule has 2 rings (SSSR count). The lowest BCUT2D eigenvalue weighted by Gasteiger charge is -2.20. The number of esters is 1. The van der Waals surface area contributed by atoms with Crippen LogP contribution >= 0.6 is 0 Å². The smallest absolute Gasteiger partial charge is 0.316 e. The van der Waals surface area contributed by atoms with E-state index in [1.54, 1.807) is 45.2 Å². The van der Waals surface area contributed by atoms with E-state index in [1.807, 2.05) is 20.8 Å². The summed E-state index contributed by atoms with van der Waals surface area (Å²) in [5.41, 5.74) is -0.648. The fourth-order valence-electron chi connectivity index (χ4n) is 2.20. The lowest BCUT2D eigenvalue weighted by Crippen LogP contribution is -2.26. The highest BCUT2D eigenvalue weighted by atomic mass is 16.6. The van der Waals surface area contributed by atoms with Gasteiger partial charge in [-0.2, -0.15) is 0 Å². The third-order valence-electron chi connectivity index (χ3n) is 3.65. The Balaban J connectivity index is 2.57. The Morgan fingerprint density at radius 3 is 2.20 bits per heavy atom. The number of aliphatic hydroxyl groups is 1. The Kier molecular flexibility index (Phi) is 4.95. The zero-order valence-corrected chi connectivity index (χ0v) is 15.5. The molecule has 0 aliphatic carbocycles. The number of hydrogen-bond acceptors (Lipinski definition) is 5. The molecule has 0 aliphatic rings. The third-order valence-corrected chi connectivity index (χ3v) is 3.65. The second-order valence-corrected chi connectivity index (χ2v) is 8.01. The van der Waals surface area contributed by atoms with Crippen LogP contribution < -0.4 is 9.47 Å². The lowest BCUT2D eigenvalue weighted by molar-refractivity contribution is -0.143. The Morgan fingerprint density at radius 2 is 1.68 bits per heavy atom. The first-order valence-electron chi connectivity index (χ1n) is 8.11. The summed E-state index contributed by atoms with van der Waals surface area (Å²) < 4.78 is 12.2. The highest BCUT2D eigenvalue weighted by Gasteiger charge is 2.27. The summed E-state index contributed by atoms with van der Waals surface area (Å²) in [6.45, 7) is 10.2. The molecule has 0 amide bonds. The average molecular weight is 347 g/mol. The minimum Gasteiger partial charge on any atom is -0.464 e. The molecule has 1 aromatic carbocycles. The topological polar surface area (TPSA) is 77.8 Å². The highest BCUT2D eigenvalue weighted by molar-refractivity contribution is 5.96. The predicted octanol–water partition coefficient (Wildman–Crippen LogP) is 3.61. The van der Waals surface area contributed by atoms with Crippen molar-refractivity contribution in [3.8, 4) is 11.5 Å². The van der Waals surface area contributed by atoms with Crippen LogP contribution in [0.4, 0.5) is 0 Å². The number of hydrogen-bond donors (Lipinski definition) is 1. The molecular formula is C19H25NO5. The van der Waals surface area contributed by atoms with Gasteiger partial charge in [-0.25, -0.2) is 0 Å². The van der Waals surface area contributed by atoms with E-state index in [1.165, 1.54) is 4.57 Å². The molecule has 0 aliphatic heterocycles. The van der Waals surface area contributed by atoms with Crippen LogP contribution in [0.15, 0.2) is 24.4 Å². The molecule has 0 unspecified atom stereocenters. The van der Waals surface area contributed by atoms with Crippen molar-refractivity contribution in [3.05, 3.63) is 24.4 Å². The molecule has 1 aromatic heterocycles. The molecule has 0 bridgehead atoms. The van der Waals surface area contributed by atoms with Gasteiger partial charge in [0.1, 0.15) is 0 Å². The van der Waals surface area contributed by atoms with Crippen LogP contribution in [0.1, 0.15) is 46.3 Å². The highest BCUT2D eigenvalue weighted by Crippen LogP contribution is 2.35. The van der Waals surface area contributed by atoms with Crippen molar-refractivity contribution in [2.45, 2.75) is 41.5 Å². The number of carbonyl (C=O) groups is 2. The van der Waals surface area contributed by atoms with Gasteiger partial charge in [0, 0.05) is 23.1 Å². The molecule has 0 saturated carbocycles. The van der Waals surface area contributed by atoms with Gasteiger partial charge in [0.15, 0.2) is 18.3 Å². The van der Waals surface area contributed by atoms with Crippen LogP contribution in [0.2, 0.25) is 0 Å². The molecule has 25 heavy (non-hydrogen) atoms. The Morgan fingerprint density at radius 1 is 1.04 bits per heavy atom. The summed E-state index contributed by atoms with van der Waals surface area (Å²) in [5.74, 6) is -0.0991. The number of rotatable bonds is 3. The summed E-state index contributed by atoms with van der Waals surface area (Å²) in [6.07, 6.45) is 1.68. The number of benzene rings is 1. The summed E-state index contributed by atoms with van der Waals surface area (Å²) in [5, 5.41) is 9.84. The molecule has 0 radical (unpaired) electrons. The third kappa shape index (κ3) is 4.02. The maximum absolute atomic E-state index is 12.6. The van der Waals surface area contributed by atoms with Crippen LogP contribution in [0.25, 0.3) is 10.9 Å². The maximum atomic E-state index is 12.6. The van der Waals surface area contributed by atoms with Crippen LogP contribution in [0.5, 0.6) is 11.5 Å². The minimum atomic E-state index is -0.700. The number of aromatic nitrogens is 1. The number of aliphatic hydroxyl groups excluding tert-OH is 1. The van der Waals surface area contributed by atoms with E-state index in [2.05, 4.69) is 0 Å². The van der Waals surface area contributed by atoms with E-state index in [9.17, 15) is 9.59 Å². The van der Waals surface area contributed by atoms with Crippen LogP contribution in [0.3, 0.4) is 0 Å². The van der Waals surface area contributed by atoms with Gasteiger partial charge in [0.05, 0.1) is 10.9 Å². The molecule has 0 atom stereocenters. The van der Waals surface area contributed by atoms with Crippen molar-refractivity contribution in [2.75, 3.05) is 6.79 Å². The Bertz CT molecular complexity index is 806. The minimum absolute atomic E-state index is 0.0774. The summed E-state index contributed by atoms with van der Waals surface area (Å²) >= 11 is 0. The van der Waals surface area contributed by atoms with E-state index >= 15 is 0 Å². The second-order valence-electron chi connectivity index (χ2n) is 8.01. The normalized spacial score (nSPS) is 12.3. The van der Waals surface area contributed by atoms with Gasteiger partial charge in [-0.15, -0.1) is 0 Å². The molecule has 0 spiro atoms. The first kappa shape index (κ1) is 19.0. The van der Waals surface area contributed by atoms with Gasteiger partial charge in [0.2, 0.25) is 5.91 Å². The largest absolute Gasteiger partial charge is 0.464 e. The maximum Gasteiger partial charge on any atom is 0.316 e. The van der Waals surface area contributed by atoms with Crippen LogP contribution in [0, 0.1) is 10.8 Å². The molecule has 1 N–H and O–H groups in total. The molecule has 0 saturated heterocycles. The lowest BCUT2D eigenvalue weighted by atomic mass is 9.95. The molecular weight excluding hydrogens is 322 g/mol. The molecule has 1 heterocycles. The molecule has 136 valence electrons. The van der Waals surface area contributed by atoms with Gasteiger partial charge in [-0.3, -0.25) is 14.2 Å². The van der Waals surface area contributed by atoms with Gasteiger partial charge >= 0.3 is 5.97 Å². The van der Waals surface area contributed by atoms with E-state index in [0.717, 1.165) is 5.39 Å². The average Bonchev–Trinajstić information content (AvgIpc) is 2.87. The zero-order chi connectivity index (χ0) is 19.0. The van der Waals surface area contributed by atoms with Crippen molar-refractivity contribution in [1.29, 1.82) is 0 Å². The second kappa shape index (κ2) is 6.52. The zero-order valence-electron chi connectivity index (χ0n) is 15.5. The van der Waals surface area contributed by atoms with Crippen molar-refractivity contribution < 1.29 is 24.2 Å². The Hall–Kier alpha value is -2.34. The molecule has 6 heteroatoms. The number of carbonyl (C=O) groups excluding carboxylic acids is 2. The number of fused-ring (bicyclic) bond motifs is 1. The molecule has 0 fully saturated rings. The molecule has 2 aromatic rings. The molecule has 6 nitrogen and oxygen atoms in total. The van der Waals surface area contributed by atoms with Crippen molar-refractivity contribution >= 4 is 22.8 Å². The van der Waals surface area contributed by atoms with Crippen molar-refractivity contribution in [1.82, 2.24) is 4.57 Å². The summed E-state index contributed by atoms with van der Waals surface area (Å²) in [4.78, 5) is 24.9. The van der Waals surface area contributed by atoms with E-state index in [4.69, 9.17) is 14.6 Å². The monoisotopic (exact) mass is 347 g/mol.